The van der Waals surface area contributed by atoms with Gasteiger partial charge in [-0.1, -0.05) is 0 Å². The Bertz CT molecular complexity index is 327. The lowest BCUT2D eigenvalue weighted by Gasteiger charge is -2.24. The summed E-state index contributed by atoms with van der Waals surface area (Å²) in [6.07, 6.45) is 3.02. The van der Waals surface area contributed by atoms with Gasteiger partial charge >= 0.3 is 12.0 Å². The van der Waals surface area contributed by atoms with Crippen LogP contribution in [0.5, 0.6) is 0 Å². The Morgan fingerprint density at radius 1 is 1.58 bits per heavy atom. The van der Waals surface area contributed by atoms with Crippen LogP contribution in [-0.4, -0.2) is 65.9 Å². The summed E-state index contributed by atoms with van der Waals surface area (Å²) in [6, 6.07) is -1.07. The molecular weight excluding hydrogens is 268 g/mol. The monoisotopic (exact) mass is 290 g/mol. The number of hydrogen-bond acceptors (Lipinski definition) is 4. The fourth-order valence-electron chi connectivity index (χ4n) is 2.09. The SMILES string of the molecule is COC1CC(C(=O)O)N(C(=O)NC(C)CCSC)C1. The van der Waals surface area contributed by atoms with Crippen molar-refractivity contribution in [1.29, 1.82) is 0 Å². The van der Waals surface area contributed by atoms with Crippen LogP contribution >= 0.6 is 11.8 Å². The first-order valence-electron chi connectivity index (χ1n) is 6.31. The summed E-state index contributed by atoms with van der Waals surface area (Å²) in [6.45, 7) is 2.25. The average molecular weight is 290 g/mol. The second kappa shape index (κ2) is 7.59. The van der Waals surface area contributed by atoms with E-state index < -0.39 is 12.0 Å². The molecular formula is C12H22N2O4S. The van der Waals surface area contributed by atoms with E-state index in [0.717, 1.165) is 12.2 Å². The molecule has 1 aliphatic heterocycles. The number of ether oxygens (including phenoxy) is 1. The summed E-state index contributed by atoms with van der Waals surface area (Å²) in [7, 11) is 1.53. The fourth-order valence-corrected chi connectivity index (χ4v) is 2.68. The van der Waals surface area contributed by atoms with Gasteiger partial charge in [0.2, 0.25) is 0 Å². The van der Waals surface area contributed by atoms with Crippen molar-refractivity contribution in [3.63, 3.8) is 0 Å². The number of hydrogen-bond donors (Lipinski definition) is 2. The van der Waals surface area contributed by atoms with Crippen LogP contribution in [0.15, 0.2) is 0 Å². The van der Waals surface area contributed by atoms with Gasteiger partial charge in [0.15, 0.2) is 0 Å². The maximum atomic E-state index is 12.1. The molecule has 1 saturated heterocycles. The van der Waals surface area contributed by atoms with Gasteiger partial charge in [-0.15, -0.1) is 0 Å². The summed E-state index contributed by atoms with van der Waals surface area (Å²) >= 11 is 1.72. The largest absolute Gasteiger partial charge is 0.480 e. The number of likely N-dealkylation sites (tertiary alicyclic amines) is 1. The first-order valence-corrected chi connectivity index (χ1v) is 7.70. The summed E-state index contributed by atoms with van der Waals surface area (Å²) in [4.78, 5) is 24.6. The molecule has 0 radical (unpaired) electrons. The molecule has 19 heavy (non-hydrogen) atoms. The van der Waals surface area contributed by atoms with Crippen LogP contribution in [0.25, 0.3) is 0 Å². The number of carbonyl (C=O) groups is 2. The highest BCUT2D eigenvalue weighted by atomic mass is 32.2. The Labute approximate surface area is 117 Å². The molecule has 0 aromatic heterocycles. The Morgan fingerprint density at radius 2 is 2.26 bits per heavy atom. The van der Waals surface area contributed by atoms with Crippen molar-refractivity contribution in [3.05, 3.63) is 0 Å². The van der Waals surface area contributed by atoms with Crippen LogP contribution in [0.3, 0.4) is 0 Å². The lowest BCUT2D eigenvalue weighted by atomic mass is 10.2. The van der Waals surface area contributed by atoms with Gasteiger partial charge in [-0.05, 0) is 25.4 Å². The van der Waals surface area contributed by atoms with Gasteiger partial charge in [0.25, 0.3) is 0 Å². The zero-order chi connectivity index (χ0) is 14.4. The first kappa shape index (κ1) is 16.1. The van der Waals surface area contributed by atoms with E-state index in [-0.39, 0.29) is 18.2 Å². The van der Waals surface area contributed by atoms with Crippen LogP contribution in [0.4, 0.5) is 4.79 Å². The molecule has 0 aromatic carbocycles. The van der Waals surface area contributed by atoms with Crippen LogP contribution in [0, 0.1) is 0 Å². The van der Waals surface area contributed by atoms with E-state index in [9.17, 15) is 9.59 Å². The Kier molecular flexibility index (Phi) is 6.44. The molecule has 3 unspecified atom stereocenters. The summed E-state index contributed by atoms with van der Waals surface area (Å²) < 4.78 is 5.15. The lowest BCUT2D eigenvalue weighted by molar-refractivity contribution is -0.141. The number of amides is 2. The maximum absolute atomic E-state index is 12.1. The number of carboxylic acids is 1. The normalized spacial score (nSPS) is 24.3. The van der Waals surface area contributed by atoms with E-state index >= 15 is 0 Å². The Hall–Kier alpha value is -0.950. The van der Waals surface area contributed by atoms with Gasteiger partial charge < -0.3 is 20.1 Å². The molecule has 7 heteroatoms. The molecule has 2 N–H and O–H groups in total. The Balaban J connectivity index is 2.56. The number of carboxylic acid groups (broad SMARTS) is 1. The van der Waals surface area contributed by atoms with E-state index in [1.165, 1.54) is 12.0 Å². The molecule has 0 saturated carbocycles. The first-order chi connectivity index (χ1) is 8.99. The predicted octanol–water partition coefficient (Wildman–Crippen LogP) is 1.01. The number of urea groups is 1. The van der Waals surface area contributed by atoms with Crippen LogP contribution in [0.1, 0.15) is 19.8 Å². The molecule has 110 valence electrons. The molecule has 1 heterocycles. The second-order valence-corrected chi connectivity index (χ2v) is 5.72. The zero-order valence-electron chi connectivity index (χ0n) is 11.6. The van der Waals surface area contributed by atoms with E-state index in [0.29, 0.717) is 13.0 Å². The number of methoxy groups -OCH3 is 1. The van der Waals surface area contributed by atoms with Crippen LogP contribution < -0.4 is 5.32 Å². The van der Waals surface area contributed by atoms with Crippen LogP contribution in [0.2, 0.25) is 0 Å². The number of rotatable bonds is 6. The minimum atomic E-state index is -0.980. The van der Waals surface area contributed by atoms with Gasteiger partial charge in [-0.3, -0.25) is 0 Å². The molecule has 1 rings (SSSR count). The van der Waals surface area contributed by atoms with Crippen molar-refractivity contribution >= 4 is 23.8 Å². The van der Waals surface area contributed by atoms with Gasteiger partial charge in [-0.2, -0.15) is 11.8 Å². The highest BCUT2D eigenvalue weighted by Crippen LogP contribution is 2.20. The summed E-state index contributed by atoms with van der Waals surface area (Å²) in [5.74, 6) is -0.0173. The zero-order valence-corrected chi connectivity index (χ0v) is 12.4. The highest BCUT2D eigenvalue weighted by molar-refractivity contribution is 7.98. The van der Waals surface area contributed by atoms with Gasteiger partial charge in [0, 0.05) is 26.1 Å². The van der Waals surface area contributed by atoms with E-state index in [2.05, 4.69) is 5.32 Å². The van der Waals surface area contributed by atoms with Gasteiger partial charge in [0.05, 0.1) is 6.10 Å². The highest BCUT2D eigenvalue weighted by Gasteiger charge is 2.40. The molecule has 6 nitrogen and oxygen atoms in total. The molecule has 2 amide bonds. The smallest absolute Gasteiger partial charge is 0.326 e. The third-order valence-electron chi connectivity index (χ3n) is 3.27. The second-order valence-electron chi connectivity index (χ2n) is 4.73. The summed E-state index contributed by atoms with van der Waals surface area (Å²) in [5, 5.41) is 12.0. The number of nitrogens with zero attached hydrogens (tertiary/aromatic N) is 1. The van der Waals surface area contributed by atoms with Gasteiger partial charge in [-0.25, -0.2) is 9.59 Å². The average Bonchev–Trinajstić information content (AvgIpc) is 2.80. The predicted molar refractivity (Wildman–Crippen MR) is 74.5 cm³/mol. The number of nitrogens with one attached hydrogen (secondary N) is 1. The third kappa shape index (κ3) is 4.58. The quantitative estimate of drug-likeness (QED) is 0.763. The molecule has 0 spiro atoms. The minimum absolute atomic E-state index is 0.0380. The van der Waals surface area contributed by atoms with E-state index in [1.54, 1.807) is 11.8 Å². The molecule has 3 atom stereocenters. The van der Waals surface area contributed by atoms with Crippen LogP contribution in [-0.2, 0) is 9.53 Å². The third-order valence-corrected chi connectivity index (χ3v) is 3.91. The van der Waals surface area contributed by atoms with Crippen molar-refractivity contribution in [2.75, 3.05) is 25.7 Å². The molecule has 1 aliphatic rings. The van der Waals surface area contributed by atoms with Gasteiger partial charge in [0.1, 0.15) is 6.04 Å². The van der Waals surface area contributed by atoms with E-state index in [1.807, 2.05) is 13.2 Å². The number of thioether (sulfide) groups is 1. The van der Waals surface area contributed by atoms with Crippen molar-refractivity contribution in [2.24, 2.45) is 0 Å². The maximum Gasteiger partial charge on any atom is 0.326 e. The topological polar surface area (TPSA) is 78.9 Å². The standard InChI is InChI=1S/C12H22N2O4S/c1-8(4-5-19-3)13-12(17)14-7-9(18-2)6-10(14)11(15)16/h8-10H,4-7H2,1-3H3,(H,13,17)(H,15,16). The number of aliphatic carboxylic acids is 1. The molecule has 1 fully saturated rings. The van der Waals surface area contributed by atoms with E-state index in [4.69, 9.17) is 9.84 Å². The fraction of sp³-hybridized carbons (Fsp3) is 0.833. The van der Waals surface area contributed by atoms with Crippen molar-refractivity contribution in [3.8, 4) is 0 Å². The van der Waals surface area contributed by atoms with Crippen molar-refractivity contribution < 1.29 is 19.4 Å². The Morgan fingerprint density at radius 3 is 2.79 bits per heavy atom. The molecule has 0 bridgehead atoms. The molecule has 0 aliphatic carbocycles. The van der Waals surface area contributed by atoms with Crippen molar-refractivity contribution in [2.45, 2.75) is 38.0 Å². The number of carbonyl (C=O) groups excluding carboxylic acids is 1. The molecule has 0 aromatic rings. The summed E-state index contributed by atoms with van der Waals surface area (Å²) in [5.41, 5.74) is 0. The lowest BCUT2D eigenvalue weighted by Crippen LogP contribution is -2.48. The van der Waals surface area contributed by atoms with Crippen molar-refractivity contribution in [1.82, 2.24) is 10.2 Å². The minimum Gasteiger partial charge on any atom is -0.480 e.